The van der Waals surface area contributed by atoms with Gasteiger partial charge in [0.05, 0.1) is 25.0 Å². The zero-order valence-corrected chi connectivity index (χ0v) is 18.4. The number of rotatable bonds is 6. The molecule has 1 heterocycles. The van der Waals surface area contributed by atoms with Gasteiger partial charge in [0, 0.05) is 17.3 Å². The van der Waals surface area contributed by atoms with Crippen molar-refractivity contribution in [1.29, 1.82) is 0 Å². The second-order valence-electron chi connectivity index (χ2n) is 7.11. The molecule has 1 N–H and O–H groups in total. The summed E-state index contributed by atoms with van der Waals surface area (Å²) < 4.78 is 97.7. The van der Waals surface area contributed by atoms with Crippen molar-refractivity contribution in [2.24, 2.45) is 0 Å². The highest BCUT2D eigenvalue weighted by molar-refractivity contribution is 5.97. The molecule has 1 aromatic heterocycles. The summed E-state index contributed by atoms with van der Waals surface area (Å²) in [6.45, 7) is 2.74. The van der Waals surface area contributed by atoms with Crippen molar-refractivity contribution < 1.29 is 45.3 Å². The number of carbonyl (C=O) groups excluding carboxylic acids is 1. The number of pyridine rings is 1. The van der Waals surface area contributed by atoms with E-state index in [2.05, 4.69) is 4.98 Å². The molecule has 3 rings (SSSR count). The Hall–Kier alpha value is -3.96. The summed E-state index contributed by atoms with van der Waals surface area (Å²) in [6.07, 6.45) is -5.16. The van der Waals surface area contributed by atoms with Gasteiger partial charge >= 0.3 is 12.1 Å². The lowest BCUT2D eigenvalue weighted by atomic mass is 10.0. The molecule has 0 aliphatic heterocycles. The van der Waals surface area contributed by atoms with Crippen LogP contribution in [-0.4, -0.2) is 24.7 Å². The number of methoxy groups -OCH3 is 1. The van der Waals surface area contributed by atoms with E-state index in [1.54, 1.807) is 0 Å². The third kappa shape index (κ3) is 5.10. The third-order valence-electron chi connectivity index (χ3n) is 4.73. The molecule has 6 nitrogen and oxygen atoms in total. The number of hydrogen-bond donors (Lipinski definition) is 1. The van der Waals surface area contributed by atoms with Gasteiger partial charge in [-0.3, -0.25) is 4.79 Å². The summed E-state index contributed by atoms with van der Waals surface area (Å²) in [5.41, 5.74) is -3.95. The summed E-state index contributed by atoms with van der Waals surface area (Å²) in [6, 6.07) is 3.22. The van der Waals surface area contributed by atoms with Crippen LogP contribution in [0, 0.1) is 24.4 Å². The molecular weight excluding hydrogens is 484 g/mol. The van der Waals surface area contributed by atoms with E-state index in [1.165, 1.54) is 13.8 Å². The molecule has 0 bridgehead atoms. The van der Waals surface area contributed by atoms with Gasteiger partial charge in [0.25, 0.3) is 0 Å². The van der Waals surface area contributed by atoms with Crippen LogP contribution < -0.4 is 14.9 Å². The quantitative estimate of drug-likeness (QED) is 0.343. The fraction of sp³-hybridized carbons (Fsp3) is 0.217. The Morgan fingerprint density at radius 2 is 1.71 bits per heavy atom. The Kier molecular flexibility index (Phi) is 7.13. The van der Waals surface area contributed by atoms with E-state index >= 15 is 0 Å². The van der Waals surface area contributed by atoms with Crippen molar-refractivity contribution >= 4 is 5.97 Å². The van der Waals surface area contributed by atoms with Crippen LogP contribution in [-0.2, 0) is 10.9 Å². The molecule has 0 unspecified atom stereocenters. The number of ether oxygens (including phenoxy) is 3. The zero-order valence-electron chi connectivity index (χ0n) is 18.4. The standard InChI is InChI=1S/C23H17F6NO5/c1-4-34-22(32)18-15(31)7-10(2)30-20(18)11-8-14(25)12(23(27,28)29)9-17(11)35-16-6-5-13(24)19(26)21(16)33-3/h5-9H,4H2,1-3H3,(H,30,31). The van der Waals surface area contributed by atoms with Crippen molar-refractivity contribution in [1.82, 2.24) is 4.98 Å². The highest BCUT2D eigenvalue weighted by atomic mass is 19.4. The number of benzene rings is 2. The summed E-state index contributed by atoms with van der Waals surface area (Å²) in [5, 5.41) is 0. The van der Waals surface area contributed by atoms with Crippen LogP contribution in [0.25, 0.3) is 11.3 Å². The molecule has 0 atom stereocenters. The van der Waals surface area contributed by atoms with Gasteiger partial charge in [0.1, 0.15) is 17.1 Å². The number of nitrogens with one attached hydrogen (secondary N) is 1. The Labute approximate surface area is 194 Å². The predicted octanol–water partition coefficient (Wildman–Crippen LogP) is 5.76. The maximum Gasteiger partial charge on any atom is 0.419 e. The fourth-order valence-electron chi connectivity index (χ4n) is 3.25. The van der Waals surface area contributed by atoms with Crippen LogP contribution in [0.5, 0.6) is 17.2 Å². The summed E-state index contributed by atoms with van der Waals surface area (Å²) in [7, 11) is 0.967. The highest BCUT2D eigenvalue weighted by Crippen LogP contribution is 2.43. The molecule has 12 heteroatoms. The normalized spacial score (nSPS) is 11.3. The van der Waals surface area contributed by atoms with Crippen molar-refractivity contribution in [3.63, 3.8) is 0 Å². The molecule has 2 aromatic carbocycles. The Morgan fingerprint density at radius 3 is 2.31 bits per heavy atom. The molecule has 3 aromatic rings. The number of aromatic nitrogens is 1. The molecule has 186 valence electrons. The Balaban J connectivity index is 2.36. The first-order chi connectivity index (χ1) is 16.4. The predicted molar refractivity (Wildman–Crippen MR) is 111 cm³/mol. The lowest BCUT2D eigenvalue weighted by molar-refractivity contribution is -0.140. The van der Waals surface area contributed by atoms with E-state index in [1.807, 2.05) is 0 Å². The molecule has 0 spiro atoms. The van der Waals surface area contributed by atoms with Crippen LogP contribution in [0.1, 0.15) is 28.5 Å². The minimum absolute atomic E-state index is 0.137. The molecule has 0 saturated carbocycles. The van der Waals surface area contributed by atoms with Crippen LogP contribution in [0.3, 0.4) is 0 Å². The van der Waals surface area contributed by atoms with E-state index in [0.717, 1.165) is 19.2 Å². The number of esters is 1. The molecule has 0 aliphatic rings. The smallest absolute Gasteiger partial charge is 0.419 e. The molecule has 0 fully saturated rings. The van der Waals surface area contributed by atoms with Gasteiger partial charge in [0.15, 0.2) is 17.0 Å². The molecule has 0 amide bonds. The van der Waals surface area contributed by atoms with Crippen LogP contribution in [0.15, 0.2) is 35.1 Å². The molecule has 0 saturated heterocycles. The van der Waals surface area contributed by atoms with E-state index in [0.29, 0.717) is 12.1 Å². The van der Waals surface area contributed by atoms with E-state index in [-0.39, 0.29) is 18.4 Å². The Bertz CT molecular complexity index is 1350. The van der Waals surface area contributed by atoms with Gasteiger partial charge in [0.2, 0.25) is 11.6 Å². The summed E-state index contributed by atoms with van der Waals surface area (Å²) in [4.78, 5) is 27.7. The molecular formula is C23H17F6NO5. The summed E-state index contributed by atoms with van der Waals surface area (Å²) in [5.74, 6) is -7.75. The van der Waals surface area contributed by atoms with E-state index in [4.69, 9.17) is 14.2 Å². The number of hydrogen-bond acceptors (Lipinski definition) is 5. The maximum absolute atomic E-state index is 14.6. The number of aryl methyl sites for hydroxylation is 1. The molecule has 0 aliphatic carbocycles. The van der Waals surface area contributed by atoms with E-state index < -0.39 is 74.7 Å². The van der Waals surface area contributed by atoms with Gasteiger partial charge in [-0.25, -0.2) is 13.6 Å². The van der Waals surface area contributed by atoms with Crippen LogP contribution in [0.4, 0.5) is 26.3 Å². The lowest BCUT2D eigenvalue weighted by Crippen LogP contribution is -2.20. The Morgan fingerprint density at radius 1 is 1.03 bits per heavy atom. The van der Waals surface area contributed by atoms with Crippen LogP contribution in [0.2, 0.25) is 0 Å². The molecule has 35 heavy (non-hydrogen) atoms. The average Bonchev–Trinajstić information content (AvgIpc) is 2.76. The van der Waals surface area contributed by atoms with Crippen molar-refractivity contribution in [2.45, 2.75) is 20.0 Å². The number of aromatic amines is 1. The first-order valence-corrected chi connectivity index (χ1v) is 9.91. The van der Waals surface area contributed by atoms with E-state index in [9.17, 15) is 35.9 Å². The first kappa shape index (κ1) is 25.7. The lowest BCUT2D eigenvalue weighted by Gasteiger charge is -2.18. The summed E-state index contributed by atoms with van der Waals surface area (Å²) >= 11 is 0. The maximum atomic E-state index is 14.6. The average molecular weight is 501 g/mol. The van der Waals surface area contributed by atoms with Gasteiger partial charge in [-0.1, -0.05) is 0 Å². The topological polar surface area (TPSA) is 77.6 Å². The zero-order chi connectivity index (χ0) is 26.1. The molecule has 0 radical (unpaired) electrons. The van der Waals surface area contributed by atoms with Gasteiger partial charge in [-0.2, -0.15) is 17.6 Å². The van der Waals surface area contributed by atoms with Crippen LogP contribution >= 0.6 is 0 Å². The minimum atomic E-state index is -5.16. The van der Waals surface area contributed by atoms with Crippen molar-refractivity contribution in [3.05, 3.63) is 74.8 Å². The number of H-pyrrole nitrogens is 1. The monoisotopic (exact) mass is 501 g/mol. The number of halogens is 6. The first-order valence-electron chi connectivity index (χ1n) is 9.91. The van der Waals surface area contributed by atoms with Gasteiger partial charge in [-0.05, 0) is 38.1 Å². The number of alkyl halides is 3. The second kappa shape index (κ2) is 9.72. The second-order valence-corrected chi connectivity index (χ2v) is 7.11. The largest absolute Gasteiger partial charge is 0.490 e. The van der Waals surface area contributed by atoms with Crippen molar-refractivity contribution in [3.8, 4) is 28.5 Å². The SMILES string of the molecule is CCOC(=O)c1c(-c2cc(F)c(C(F)(F)F)cc2Oc2ccc(F)c(F)c2OC)[nH]c(C)cc1=O. The van der Waals surface area contributed by atoms with Gasteiger partial charge < -0.3 is 19.2 Å². The van der Waals surface area contributed by atoms with Crippen molar-refractivity contribution in [2.75, 3.05) is 13.7 Å². The van der Waals surface area contributed by atoms with Gasteiger partial charge in [-0.15, -0.1) is 0 Å². The minimum Gasteiger partial charge on any atom is -0.490 e. The highest BCUT2D eigenvalue weighted by Gasteiger charge is 2.36. The fourth-order valence-corrected chi connectivity index (χ4v) is 3.25. The third-order valence-corrected chi connectivity index (χ3v) is 4.73. The number of carbonyl (C=O) groups is 1.